The lowest BCUT2D eigenvalue weighted by Crippen LogP contribution is -2.33. The van der Waals surface area contributed by atoms with Crippen LogP contribution in [0.5, 0.6) is 0 Å². The number of anilines is 3. The minimum atomic E-state index is -0.305. The second-order valence-electron chi connectivity index (χ2n) is 7.42. The second kappa shape index (κ2) is 8.91. The fourth-order valence-corrected chi connectivity index (χ4v) is 3.58. The number of nitrogens with one attached hydrogen (secondary N) is 3. The van der Waals surface area contributed by atoms with Crippen LogP contribution >= 0.6 is 0 Å². The van der Waals surface area contributed by atoms with Crippen LogP contribution in [-0.4, -0.2) is 37.6 Å². The van der Waals surface area contributed by atoms with Gasteiger partial charge in [0.25, 0.3) is 5.91 Å². The van der Waals surface area contributed by atoms with Crippen molar-refractivity contribution >= 4 is 28.7 Å². The van der Waals surface area contributed by atoms with E-state index in [1.807, 2.05) is 25.3 Å². The lowest BCUT2D eigenvalue weighted by Gasteiger charge is -2.27. The Balaban J connectivity index is 1.65. The van der Waals surface area contributed by atoms with Crippen molar-refractivity contribution in [3.8, 4) is 0 Å². The molecule has 9 nitrogen and oxygen atoms in total. The molecule has 1 aliphatic carbocycles. The highest BCUT2D eigenvalue weighted by molar-refractivity contribution is 6.03. The molecule has 0 bridgehead atoms. The Hall–Kier alpha value is -3.46. The number of allylic oxidation sites excluding steroid dienone is 1. The maximum atomic E-state index is 12.8. The SMILES string of the molecule is C/C=C/Nc1cc(NC2CCC(N)CC2)nn2c(C(=O)Nc3cccnc3)cnc12. The summed E-state index contributed by atoms with van der Waals surface area (Å²) in [5, 5.41) is 14.2. The number of amides is 1. The topological polar surface area (TPSA) is 122 Å². The number of carbonyl (C=O) groups is 1. The molecule has 1 fully saturated rings. The zero-order chi connectivity index (χ0) is 20.9. The van der Waals surface area contributed by atoms with Crippen LogP contribution < -0.4 is 21.7 Å². The third kappa shape index (κ3) is 4.41. The van der Waals surface area contributed by atoms with Gasteiger partial charge in [0, 0.05) is 24.3 Å². The van der Waals surface area contributed by atoms with Gasteiger partial charge in [-0.15, -0.1) is 5.10 Å². The summed E-state index contributed by atoms with van der Waals surface area (Å²) in [6.07, 6.45) is 12.5. The van der Waals surface area contributed by atoms with Crippen molar-refractivity contribution in [2.75, 3.05) is 16.0 Å². The number of imidazole rings is 1. The summed E-state index contributed by atoms with van der Waals surface area (Å²) in [4.78, 5) is 21.3. The lowest BCUT2D eigenvalue weighted by molar-refractivity contribution is 0.102. The van der Waals surface area contributed by atoms with Crippen molar-refractivity contribution in [2.45, 2.75) is 44.7 Å². The Morgan fingerprint density at radius 3 is 2.83 bits per heavy atom. The smallest absolute Gasteiger partial charge is 0.276 e. The molecule has 1 amide bonds. The molecular weight excluding hydrogens is 380 g/mol. The highest BCUT2D eigenvalue weighted by Crippen LogP contribution is 2.25. The van der Waals surface area contributed by atoms with E-state index in [0.29, 0.717) is 28.9 Å². The Labute approximate surface area is 174 Å². The van der Waals surface area contributed by atoms with Gasteiger partial charge in [-0.3, -0.25) is 9.78 Å². The van der Waals surface area contributed by atoms with E-state index >= 15 is 0 Å². The number of hydrogen-bond donors (Lipinski definition) is 4. The van der Waals surface area contributed by atoms with E-state index in [-0.39, 0.29) is 11.9 Å². The number of rotatable bonds is 6. The van der Waals surface area contributed by atoms with Crippen LogP contribution in [0.4, 0.5) is 17.2 Å². The van der Waals surface area contributed by atoms with Crippen molar-refractivity contribution in [3.63, 3.8) is 0 Å². The van der Waals surface area contributed by atoms with Gasteiger partial charge in [-0.25, -0.2) is 9.50 Å². The van der Waals surface area contributed by atoms with Gasteiger partial charge in [-0.1, -0.05) is 6.08 Å². The number of hydrogen-bond acceptors (Lipinski definition) is 7. The van der Waals surface area contributed by atoms with Crippen LogP contribution in [0.2, 0.25) is 0 Å². The summed E-state index contributed by atoms with van der Waals surface area (Å²) in [6.45, 7) is 1.92. The first-order chi connectivity index (χ1) is 14.6. The first-order valence-electron chi connectivity index (χ1n) is 10.1. The largest absolute Gasteiger partial charge is 0.366 e. The Morgan fingerprint density at radius 1 is 1.27 bits per heavy atom. The van der Waals surface area contributed by atoms with Crippen LogP contribution in [0.3, 0.4) is 0 Å². The zero-order valence-electron chi connectivity index (χ0n) is 16.9. The molecule has 156 valence electrons. The van der Waals surface area contributed by atoms with Crippen molar-refractivity contribution < 1.29 is 4.79 Å². The highest BCUT2D eigenvalue weighted by atomic mass is 16.2. The maximum absolute atomic E-state index is 12.8. The van der Waals surface area contributed by atoms with Crippen LogP contribution in [0.25, 0.3) is 5.65 Å². The summed E-state index contributed by atoms with van der Waals surface area (Å²) in [5.41, 5.74) is 8.30. The molecule has 3 aromatic heterocycles. The molecule has 0 saturated heterocycles. The van der Waals surface area contributed by atoms with Gasteiger partial charge in [0.2, 0.25) is 0 Å². The third-order valence-corrected chi connectivity index (χ3v) is 5.15. The second-order valence-corrected chi connectivity index (χ2v) is 7.42. The fraction of sp³-hybridized carbons (Fsp3) is 0.333. The molecule has 1 aliphatic rings. The molecule has 0 atom stereocenters. The van der Waals surface area contributed by atoms with E-state index in [2.05, 4.69) is 31.0 Å². The van der Waals surface area contributed by atoms with Gasteiger partial charge < -0.3 is 21.7 Å². The van der Waals surface area contributed by atoms with E-state index < -0.39 is 0 Å². The number of carbonyl (C=O) groups excluding carboxylic acids is 1. The first-order valence-corrected chi connectivity index (χ1v) is 10.1. The zero-order valence-corrected chi connectivity index (χ0v) is 16.9. The molecule has 0 unspecified atom stereocenters. The molecule has 3 aromatic rings. The summed E-state index contributed by atoms with van der Waals surface area (Å²) in [7, 11) is 0. The number of aromatic nitrogens is 4. The molecule has 1 saturated carbocycles. The average molecular weight is 406 g/mol. The van der Waals surface area contributed by atoms with E-state index in [0.717, 1.165) is 31.4 Å². The number of nitrogens with zero attached hydrogens (tertiary/aromatic N) is 4. The van der Waals surface area contributed by atoms with Gasteiger partial charge in [0.05, 0.1) is 23.8 Å². The molecule has 5 N–H and O–H groups in total. The molecule has 0 radical (unpaired) electrons. The van der Waals surface area contributed by atoms with Crippen LogP contribution in [0.1, 0.15) is 43.1 Å². The summed E-state index contributed by atoms with van der Waals surface area (Å²) < 4.78 is 1.56. The molecule has 30 heavy (non-hydrogen) atoms. The fourth-order valence-electron chi connectivity index (χ4n) is 3.58. The summed E-state index contributed by atoms with van der Waals surface area (Å²) >= 11 is 0. The van der Waals surface area contributed by atoms with Crippen molar-refractivity contribution in [1.82, 2.24) is 19.6 Å². The van der Waals surface area contributed by atoms with Crippen molar-refractivity contribution in [3.05, 3.63) is 54.8 Å². The van der Waals surface area contributed by atoms with E-state index in [1.54, 1.807) is 29.0 Å². The van der Waals surface area contributed by atoms with Gasteiger partial charge in [0.1, 0.15) is 5.82 Å². The quantitative estimate of drug-likeness (QED) is 0.496. The van der Waals surface area contributed by atoms with E-state index in [4.69, 9.17) is 5.73 Å². The third-order valence-electron chi connectivity index (χ3n) is 5.15. The van der Waals surface area contributed by atoms with Gasteiger partial charge in [0.15, 0.2) is 11.3 Å². The summed E-state index contributed by atoms with van der Waals surface area (Å²) in [6, 6.07) is 6.04. The van der Waals surface area contributed by atoms with Crippen LogP contribution in [-0.2, 0) is 0 Å². The van der Waals surface area contributed by atoms with Crippen LogP contribution in [0, 0.1) is 0 Å². The normalized spacial score (nSPS) is 19.1. The minimum absolute atomic E-state index is 0.279. The molecule has 4 rings (SSSR count). The maximum Gasteiger partial charge on any atom is 0.276 e. The number of nitrogens with two attached hydrogens (primary N) is 1. The van der Waals surface area contributed by atoms with Crippen molar-refractivity contribution in [2.24, 2.45) is 5.73 Å². The average Bonchev–Trinajstić information content (AvgIpc) is 3.19. The lowest BCUT2D eigenvalue weighted by atomic mass is 9.92. The number of pyridine rings is 1. The standard InChI is InChI=1S/C21H26N8O/c1-2-9-24-17-11-19(26-15-7-5-14(22)6-8-15)28-29-18(13-25-20(17)29)21(30)27-16-4-3-10-23-12-16/h2-4,9-15,24H,5-8,22H2,1H3,(H,26,28)(H,27,30)/b9-2+. The molecule has 0 aromatic carbocycles. The molecule has 3 heterocycles. The molecular formula is C21H26N8O. The minimum Gasteiger partial charge on any atom is -0.366 e. The van der Waals surface area contributed by atoms with Crippen molar-refractivity contribution in [1.29, 1.82) is 0 Å². The molecule has 0 spiro atoms. The summed E-state index contributed by atoms with van der Waals surface area (Å²) in [5.74, 6) is 0.379. The predicted molar refractivity (Wildman–Crippen MR) is 117 cm³/mol. The monoisotopic (exact) mass is 406 g/mol. The van der Waals surface area contributed by atoms with Gasteiger partial charge >= 0.3 is 0 Å². The van der Waals surface area contributed by atoms with Gasteiger partial charge in [-0.05, 0) is 50.9 Å². The molecule has 9 heteroatoms. The molecule has 0 aliphatic heterocycles. The predicted octanol–water partition coefficient (Wildman–Crippen LogP) is 3.00. The Kier molecular flexibility index (Phi) is 5.89. The van der Waals surface area contributed by atoms with Crippen LogP contribution in [0.15, 0.2) is 49.1 Å². The first kappa shape index (κ1) is 19.8. The van der Waals surface area contributed by atoms with Gasteiger partial charge in [-0.2, -0.15) is 0 Å². The number of fused-ring (bicyclic) bond motifs is 1. The van der Waals surface area contributed by atoms with E-state index in [1.165, 1.54) is 6.20 Å². The Bertz CT molecular complexity index is 1040. The highest BCUT2D eigenvalue weighted by Gasteiger charge is 2.21. The Morgan fingerprint density at radius 2 is 2.10 bits per heavy atom. The van der Waals surface area contributed by atoms with E-state index in [9.17, 15) is 4.79 Å².